The zero-order chi connectivity index (χ0) is 8.55. The van der Waals surface area contributed by atoms with E-state index in [1.165, 1.54) is 0 Å². The minimum Gasteiger partial charge on any atom is -0.492 e. The lowest BCUT2D eigenvalue weighted by Gasteiger charge is -2.00. The zero-order valence-electron chi connectivity index (χ0n) is 6.37. The lowest BCUT2D eigenvalue weighted by atomic mass is 10.2. The van der Waals surface area contributed by atoms with Crippen molar-refractivity contribution < 1.29 is 9.26 Å². The molecule has 0 radical (unpaired) electrons. The number of hydrogen-bond acceptors (Lipinski definition) is 3. The molecule has 0 unspecified atom stereocenters. The van der Waals surface area contributed by atoms with Gasteiger partial charge in [-0.1, -0.05) is 5.16 Å². The van der Waals surface area contributed by atoms with Crippen molar-refractivity contribution in [2.24, 2.45) is 0 Å². The molecular weight excluding hydrogens is 222 g/mol. The molecule has 1 heterocycles. The molecule has 1 aromatic heterocycles. The van der Waals surface area contributed by atoms with E-state index in [1.54, 1.807) is 13.3 Å². The summed E-state index contributed by atoms with van der Waals surface area (Å²) in [6.07, 6.45) is 1.66. The molecule has 4 heteroatoms. The van der Waals surface area contributed by atoms with Crippen LogP contribution in [-0.2, 0) is 0 Å². The van der Waals surface area contributed by atoms with Crippen molar-refractivity contribution in [3.8, 4) is 5.75 Å². The van der Waals surface area contributed by atoms with Crippen LogP contribution in [-0.4, -0.2) is 12.3 Å². The van der Waals surface area contributed by atoms with Gasteiger partial charge in [-0.25, -0.2) is 0 Å². The van der Waals surface area contributed by atoms with Gasteiger partial charge < -0.3 is 9.26 Å². The monoisotopic (exact) mass is 227 g/mol. The molecule has 0 saturated heterocycles. The van der Waals surface area contributed by atoms with E-state index in [4.69, 9.17) is 9.26 Å². The van der Waals surface area contributed by atoms with E-state index in [1.807, 2.05) is 12.1 Å². The predicted molar refractivity (Wildman–Crippen MR) is 48.3 cm³/mol. The van der Waals surface area contributed by atoms with Crippen molar-refractivity contribution in [1.29, 1.82) is 0 Å². The first-order valence-corrected chi connectivity index (χ1v) is 4.19. The molecule has 0 atom stereocenters. The Morgan fingerprint density at radius 1 is 1.50 bits per heavy atom. The number of rotatable bonds is 1. The average Bonchev–Trinajstić information content (AvgIpc) is 2.52. The number of benzene rings is 1. The van der Waals surface area contributed by atoms with E-state index in [0.717, 1.165) is 9.86 Å². The maximum atomic E-state index is 5.14. The van der Waals surface area contributed by atoms with Crippen LogP contribution in [0.2, 0.25) is 0 Å². The van der Waals surface area contributed by atoms with E-state index < -0.39 is 0 Å². The van der Waals surface area contributed by atoms with Crippen LogP contribution in [0.15, 0.2) is 27.3 Å². The van der Waals surface area contributed by atoms with Crippen LogP contribution in [0.25, 0.3) is 11.0 Å². The first kappa shape index (κ1) is 7.61. The highest BCUT2D eigenvalue weighted by Crippen LogP contribution is 2.32. The molecule has 2 aromatic rings. The zero-order valence-corrected chi connectivity index (χ0v) is 7.96. The first-order chi connectivity index (χ1) is 5.83. The third-order valence-corrected chi connectivity index (χ3v) is 2.26. The molecule has 0 fully saturated rings. The predicted octanol–water partition coefficient (Wildman–Crippen LogP) is 2.60. The number of aromatic nitrogens is 1. The Bertz CT molecular complexity index is 410. The molecular formula is C8H6BrNO2. The number of nitrogens with zero attached hydrogens (tertiary/aromatic N) is 1. The van der Waals surface area contributed by atoms with Crippen LogP contribution in [0.4, 0.5) is 0 Å². The summed E-state index contributed by atoms with van der Waals surface area (Å²) in [7, 11) is 1.60. The molecule has 12 heavy (non-hydrogen) atoms. The highest BCUT2D eigenvalue weighted by Gasteiger charge is 2.09. The van der Waals surface area contributed by atoms with Gasteiger partial charge in [0, 0.05) is 5.39 Å². The summed E-state index contributed by atoms with van der Waals surface area (Å²) in [5.74, 6) is 0.685. The highest BCUT2D eigenvalue weighted by molar-refractivity contribution is 9.10. The summed E-state index contributed by atoms with van der Waals surface area (Å²) < 4.78 is 11.0. The summed E-state index contributed by atoms with van der Waals surface area (Å²) in [6, 6.07) is 3.82. The summed E-state index contributed by atoms with van der Waals surface area (Å²) >= 11 is 3.35. The van der Waals surface area contributed by atoms with Crippen LogP contribution < -0.4 is 4.74 Å². The van der Waals surface area contributed by atoms with Crippen LogP contribution in [0, 0.1) is 0 Å². The fourth-order valence-corrected chi connectivity index (χ4v) is 1.55. The Kier molecular flexibility index (Phi) is 1.77. The molecule has 0 N–H and O–H groups in total. The lowest BCUT2D eigenvalue weighted by molar-refractivity contribution is 0.391. The Hall–Kier alpha value is -1.03. The first-order valence-electron chi connectivity index (χ1n) is 3.40. The van der Waals surface area contributed by atoms with E-state index in [-0.39, 0.29) is 0 Å². The van der Waals surface area contributed by atoms with Crippen LogP contribution in [0.1, 0.15) is 0 Å². The molecule has 1 aromatic carbocycles. The smallest absolute Gasteiger partial charge is 0.209 e. The standard InChI is InChI=1S/C8H6BrNO2/c1-11-8-6(9)3-2-5-4-10-12-7(5)8/h2-4H,1H3. The molecule has 0 aliphatic rings. The van der Waals surface area contributed by atoms with Crippen LogP contribution in [0.5, 0.6) is 5.75 Å². The second-order valence-corrected chi connectivity index (χ2v) is 3.18. The Balaban J connectivity index is 2.83. The van der Waals surface area contributed by atoms with Gasteiger partial charge in [0.15, 0.2) is 5.75 Å². The Morgan fingerprint density at radius 3 is 3.08 bits per heavy atom. The molecule has 0 aliphatic carbocycles. The highest BCUT2D eigenvalue weighted by atomic mass is 79.9. The second-order valence-electron chi connectivity index (χ2n) is 2.32. The van der Waals surface area contributed by atoms with Gasteiger partial charge in [0.25, 0.3) is 0 Å². The lowest BCUT2D eigenvalue weighted by Crippen LogP contribution is -1.83. The van der Waals surface area contributed by atoms with Gasteiger partial charge in [-0.15, -0.1) is 0 Å². The topological polar surface area (TPSA) is 35.3 Å². The van der Waals surface area contributed by atoms with Gasteiger partial charge in [-0.05, 0) is 28.1 Å². The molecule has 2 rings (SSSR count). The van der Waals surface area contributed by atoms with Gasteiger partial charge in [-0.3, -0.25) is 0 Å². The average molecular weight is 228 g/mol. The summed E-state index contributed by atoms with van der Waals surface area (Å²) in [6.45, 7) is 0. The summed E-state index contributed by atoms with van der Waals surface area (Å²) in [5.41, 5.74) is 0.673. The van der Waals surface area contributed by atoms with Crippen molar-refractivity contribution in [3.05, 3.63) is 22.8 Å². The fraction of sp³-hybridized carbons (Fsp3) is 0.125. The van der Waals surface area contributed by atoms with Gasteiger partial charge in [0.05, 0.1) is 17.8 Å². The SMILES string of the molecule is COc1c(Br)ccc2cnoc12. The Morgan fingerprint density at radius 2 is 2.33 bits per heavy atom. The number of ether oxygens (including phenoxy) is 1. The molecule has 0 aliphatic heterocycles. The third kappa shape index (κ3) is 0.992. The minimum atomic E-state index is 0.673. The molecule has 0 bridgehead atoms. The number of halogens is 1. The molecule has 0 amide bonds. The van der Waals surface area contributed by atoms with E-state index in [9.17, 15) is 0 Å². The van der Waals surface area contributed by atoms with Crippen molar-refractivity contribution in [2.45, 2.75) is 0 Å². The second kappa shape index (κ2) is 2.79. The normalized spacial score (nSPS) is 10.5. The maximum Gasteiger partial charge on any atom is 0.209 e. The van der Waals surface area contributed by atoms with Crippen LogP contribution >= 0.6 is 15.9 Å². The molecule has 62 valence electrons. The molecule has 0 spiro atoms. The largest absolute Gasteiger partial charge is 0.492 e. The molecule has 3 nitrogen and oxygen atoms in total. The van der Waals surface area contributed by atoms with Crippen molar-refractivity contribution >= 4 is 26.9 Å². The summed E-state index contributed by atoms with van der Waals surface area (Å²) in [5, 5.41) is 4.62. The Labute approximate surface area is 77.4 Å². The molecule has 0 saturated carbocycles. The van der Waals surface area contributed by atoms with Gasteiger partial charge in [0.1, 0.15) is 0 Å². The minimum absolute atomic E-state index is 0.673. The van der Waals surface area contributed by atoms with Gasteiger partial charge >= 0.3 is 0 Å². The third-order valence-electron chi connectivity index (χ3n) is 1.63. The van der Waals surface area contributed by atoms with E-state index >= 15 is 0 Å². The van der Waals surface area contributed by atoms with E-state index in [2.05, 4.69) is 21.1 Å². The van der Waals surface area contributed by atoms with Gasteiger partial charge in [-0.2, -0.15) is 0 Å². The van der Waals surface area contributed by atoms with Crippen molar-refractivity contribution in [1.82, 2.24) is 5.16 Å². The van der Waals surface area contributed by atoms with E-state index in [0.29, 0.717) is 11.3 Å². The quantitative estimate of drug-likeness (QED) is 0.752. The number of methoxy groups -OCH3 is 1. The summed E-state index contributed by atoms with van der Waals surface area (Å²) in [4.78, 5) is 0. The van der Waals surface area contributed by atoms with Crippen LogP contribution in [0.3, 0.4) is 0 Å². The van der Waals surface area contributed by atoms with Crippen molar-refractivity contribution in [3.63, 3.8) is 0 Å². The maximum absolute atomic E-state index is 5.14. The van der Waals surface area contributed by atoms with Crippen molar-refractivity contribution in [2.75, 3.05) is 7.11 Å². The van der Waals surface area contributed by atoms with Gasteiger partial charge in [0.2, 0.25) is 5.58 Å². The number of hydrogen-bond donors (Lipinski definition) is 0. The fourth-order valence-electron chi connectivity index (χ4n) is 1.08. The number of fused-ring (bicyclic) bond motifs is 1.